The summed E-state index contributed by atoms with van der Waals surface area (Å²) < 4.78 is 25.2. The molecule has 0 aromatic carbocycles. The fourth-order valence-electron chi connectivity index (χ4n) is 8.09. The van der Waals surface area contributed by atoms with Gasteiger partial charge in [0.15, 0.2) is 0 Å². The molecule has 1 heterocycles. The molecule has 0 amide bonds. The summed E-state index contributed by atoms with van der Waals surface area (Å²) in [6, 6.07) is 0. The average molecular weight is 419 g/mol. The minimum atomic E-state index is -3.34. The first-order valence-corrected chi connectivity index (χ1v) is 13.0. The summed E-state index contributed by atoms with van der Waals surface area (Å²) in [7, 11) is -3.34. The van der Waals surface area contributed by atoms with Crippen molar-refractivity contribution in [2.45, 2.75) is 70.8 Å². The van der Waals surface area contributed by atoms with Crippen molar-refractivity contribution in [3.8, 4) is 0 Å². The lowest BCUT2D eigenvalue weighted by atomic mass is 9.44. The Labute approximate surface area is 174 Å². The van der Waals surface area contributed by atoms with Gasteiger partial charge in [0, 0.05) is 11.6 Å². The summed E-state index contributed by atoms with van der Waals surface area (Å²) >= 11 is 0. The third kappa shape index (κ3) is 2.54. The van der Waals surface area contributed by atoms with Crippen LogP contribution >= 0.6 is 0 Å². The Balaban J connectivity index is 1.49. The van der Waals surface area contributed by atoms with Gasteiger partial charge in [-0.15, -0.1) is 6.58 Å². The Morgan fingerprint density at radius 3 is 2.62 bits per heavy atom. The summed E-state index contributed by atoms with van der Waals surface area (Å²) in [4.78, 5) is 0. The molecule has 0 saturated heterocycles. The van der Waals surface area contributed by atoms with E-state index in [0.717, 1.165) is 49.8 Å². The fraction of sp³-hybridized carbons (Fsp3) is 0.783. The van der Waals surface area contributed by atoms with Gasteiger partial charge >= 0.3 is 0 Å². The first kappa shape index (κ1) is 19.8. The van der Waals surface area contributed by atoms with Gasteiger partial charge in [-0.2, -0.15) is 9.19 Å². The summed E-state index contributed by atoms with van der Waals surface area (Å²) in [5.41, 5.74) is 1.52. The lowest BCUT2D eigenvalue weighted by Crippen LogP contribution is -2.56. The molecule has 29 heavy (non-hydrogen) atoms. The highest BCUT2D eigenvalue weighted by molar-refractivity contribution is 7.89. The maximum Gasteiger partial charge on any atom is 0.250 e. The summed E-state index contributed by atoms with van der Waals surface area (Å²) in [6.45, 7) is 8.72. The van der Waals surface area contributed by atoms with Gasteiger partial charge < -0.3 is 5.11 Å². The monoisotopic (exact) mass is 418 g/mol. The second-order valence-corrected chi connectivity index (χ2v) is 12.7. The molecule has 1 aromatic rings. The van der Waals surface area contributed by atoms with Crippen molar-refractivity contribution in [3.63, 3.8) is 0 Å². The quantitative estimate of drug-likeness (QED) is 0.746. The molecule has 6 heteroatoms. The molecule has 160 valence electrons. The molecule has 0 radical (unpaired) electrons. The van der Waals surface area contributed by atoms with Gasteiger partial charge in [0.05, 0.1) is 17.6 Å². The predicted octanol–water partition coefficient (Wildman–Crippen LogP) is 3.57. The number of hydrogen-bond donors (Lipinski definition) is 1. The van der Waals surface area contributed by atoms with E-state index in [1.807, 2.05) is 6.08 Å². The Kier molecular flexibility index (Phi) is 4.08. The van der Waals surface area contributed by atoms with E-state index in [-0.39, 0.29) is 10.8 Å². The molecule has 7 atom stereocenters. The zero-order valence-electron chi connectivity index (χ0n) is 17.9. The molecule has 1 N–H and O–H groups in total. The van der Waals surface area contributed by atoms with Crippen molar-refractivity contribution in [2.24, 2.45) is 34.5 Å². The van der Waals surface area contributed by atoms with Crippen LogP contribution in [0.4, 0.5) is 0 Å². The van der Waals surface area contributed by atoms with Crippen LogP contribution in [0.1, 0.15) is 63.6 Å². The first-order chi connectivity index (χ1) is 13.5. The molecule has 3 fully saturated rings. The number of fused-ring (bicyclic) bond motifs is 6. The second kappa shape index (κ2) is 5.97. The van der Waals surface area contributed by atoms with Crippen LogP contribution in [0.3, 0.4) is 0 Å². The molecule has 3 unspecified atom stereocenters. The van der Waals surface area contributed by atoms with E-state index in [2.05, 4.69) is 25.5 Å². The summed E-state index contributed by atoms with van der Waals surface area (Å²) in [5, 5.41) is 15.7. The Morgan fingerprint density at radius 1 is 1.21 bits per heavy atom. The van der Waals surface area contributed by atoms with Crippen molar-refractivity contribution < 1.29 is 13.5 Å². The maximum atomic E-state index is 12.0. The smallest absolute Gasteiger partial charge is 0.250 e. The molecular weight excluding hydrogens is 384 g/mol. The molecular formula is C23H34N2O3S. The Hall–Kier alpha value is -1.14. The third-order valence-electron chi connectivity index (χ3n) is 9.83. The third-order valence-corrected chi connectivity index (χ3v) is 10.7. The van der Waals surface area contributed by atoms with Gasteiger partial charge in [0.2, 0.25) is 0 Å². The lowest BCUT2D eigenvalue weighted by Gasteiger charge is -2.60. The number of nitrogens with zero attached hydrogens (tertiary/aromatic N) is 2. The standard InChI is InChI=1S/C23H34N2O3S/c1-5-23(26)11-9-19-17-7-6-16-12-20-15(14-25(24-20)29(4,27)28)13-21(16,2)18(17)8-10-22(19,23)3/h5,14,16-19,26H,1,6-13H2,2-4H3/t16-,17?,18?,19?,21-,22-,23-/m0/s1. The number of rotatable bonds is 2. The summed E-state index contributed by atoms with van der Waals surface area (Å²) in [6.07, 6.45) is 13.2. The normalized spacial score (nSPS) is 46.3. The molecule has 4 aliphatic rings. The van der Waals surface area contributed by atoms with Gasteiger partial charge in [-0.3, -0.25) is 0 Å². The predicted molar refractivity (Wildman–Crippen MR) is 113 cm³/mol. The Morgan fingerprint density at radius 2 is 1.93 bits per heavy atom. The molecule has 4 aliphatic carbocycles. The van der Waals surface area contributed by atoms with Crippen LogP contribution in [0.25, 0.3) is 0 Å². The van der Waals surface area contributed by atoms with Crippen LogP contribution in [0.5, 0.6) is 0 Å². The largest absolute Gasteiger partial charge is 0.385 e. The van der Waals surface area contributed by atoms with Gasteiger partial charge in [0.25, 0.3) is 10.0 Å². The minimum Gasteiger partial charge on any atom is -0.385 e. The molecule has 0 aliphatic heterocycles. The topological polar surface area (TPSA) is 72.2 Å². The van der Waals surface area contributed by atoms with Crippen LogP contribution in [-0.4, -0.2) is 34.6 Å². The first-order valence-electron chi connectivity index (χ1n) is 11.2. The zero-order chi connectivity index (χ0) is 20.8. The molecule has 0 spiro atoms. The SMILES string of the molecule is C=C[C@]1(O)CCC2C3CC[C@H]4Cc5nn(S(C)(=O)=O)cc5C[C@]4(C)C3CC[C@@]21C. The summed E-state index contributed by atoms with van der Waals surface area (Å²) in [5.74, 6) is 2.42. The highest BCUT2D eigenvalue weighted by atomic mass is 32.2. The lowest BCUT2D eigenvalue weighted by molar-refractivity contribution is -0.130. The average Bonchev–Trinajstić information content (AvgIpc) is 3.18. The minimum absolute atomic E-state index is 0.0554. The van der Waals surface area contributed by atoms with Crippen molar-refractivity contribution in [1.29, 1.82) is 0 Å². The molecule has 5 nitrogen and oxygen atoms in total. The number of aliphatic hydroxyl groups is 1. The maximum absolute atomic E-state index is 12.0. The highest BCUT2D eigenvalue weighted by Crippen LogP contribution is 2.67. The highest BCUT2D eigenvalue weighted by Gasteiger charge is 2.63. The van der Waals surface area contributed by atoms with Crippen LogP contribution in [0.2, 0.25) is 0 Å². The van der Waals surface area contributed by atoms with Crippen molar-refractivity contribution in [3.05, 3.63) is 30.1 Å². The van der Waals surface area contributed by atoms with Gasteiger partial charge in [0.1, 0.15) is 0 Å². The molecule has 1 aromatic heterocycles. The van der Waals surface area contributed by atoms with E-state index < -0.39 is 15.6 Å². The molecule has 3 saturated carbocycles. The van der Waals surface area contributed by atoms with Crippen molar-refractivity contribution in [2.75, 3.05) is 6.26 Å². The second-order valence-electron chi connectivity index (χ2n) is 10.9. The van der Waals surface area contributed by atoms with E-state index in [9.17, 15) is 13.5 Å². The van der Waals surface area contributed by atoms with E-state index in [1.165, 1.54) is 23.2 Å². The number of hydrogen-bond acceptors (Lipinski definition) is 4. The zero-order valence-corrected chi connectivity index (χ0v) is 18.7. The van der Waals surface area contributed by atoms with Gasteiger partial charge in [-0.1, -0.05) is 19.9 Å². The molecule has 5 rings (SSSR count). The van der Waals surface area contributed by atoms with Crippen LogP contribution in [0, 0.1) is 34.5 Å². The van der Waals surface area contributed by atoms with E-state index in [0.29, 0.717) is 23.7 Å². The van der Waals surface area contributed by atoms with Crippen molar-refractivity contribution in [1.82, 2.24) is 9.19 Å². The van der Waals surface area contributed by atoms with Gasteiger partial charge in [-0.05, 0) is 86.0 Å². The molecule has 0 bridgehead atoms. The van der Waals surface area contributed by atoms with Crippen LogP contribution in [-0.2, 0) is 22.9 Å². The Bertz CT molecular complexity index is 969. The van der Waals surface area contributed by atoms with Gasteiger partial charge in [-0.25, -0.2) is 8.42 Å². The van der Waals surface area contributed by atoms with E-state index in [1.54, 1.807) is 6.20 Å². The van der Waals surface area contributed by atoms with Crippen molar-refractivity contribution >= 4 is 10.0 Å². The van der Waals surface area contributed by atoms with E-state index >= 15 is 0 Å². The number of aromatic nitrogens is 2. The van der Waals surface area contributed by atoms with Crippen LogP contribution < -0.4 is 0 Å². The van der Waals surface area contributed by atoms with E-state index in [4.69, 9.17) is 0 Å². The fourth-order valence-corrected chi connectivity index (χ4v) is 8.65. The van der Waals surface area contributed by atoms with Crippen LogP contribution in [0.15, 0.2) is 18.9 Å².